The van der Waals surface area contributed by atoms with Gasteiger partial charge in [-0.25, -0.2) is 0 Å². The van der Waals surface area contributed by atoms with Gasteiger partial charge in [0.2, 0.25) is 0 Å². The fraction of sp³-hybridized carbons (Fsp3) is 0.360. The van der Waals surface area contributed by atoms with Crippen molar-refractivity contribution in [2.24, 2.45) is 0 Å². The predicted octanol–water partition coefficient (Wildman–Crippen LogP) is 4.87. The minimum absolute atomic E-state index is 0.667. The molecule has 1 aliphatic carbocycles. The fourth-order valence-corrected chi connectivity index (χ4v) is 4.91. The van der Waals surface area contributed by atoms with Crippen molar-refractivity contribution in [3.05, 3.63) is 66.9 Å². The maximum Gasteiger partial charge on any atom is 0.142 e. The van der Waals surface area contributed by atoms with E-state index in [9.17, 15) is 0 Å². The van der Waals surface area contributed by atoms with Crippen LogP contribution < -0.4 is 9.64 Å². The maximum atomic E-state index is 5.55. The second kappa shape index (κ2) is 7.96. The van der Waals surface area contributed by atoms with Crippen LogP contribution >= 0.6 is 0 Å². The summed E-state index contributed by atoms with van der Waals surface area (Å²) in [4.78, 5) is 5.15. The number of allylic oxidation sites excluding steroid dienone is 1. The number of nitrogens with zero attached hydrogens (tertiary/aromatic N) is 3. The first kappa shape index (κ1) is 18.3. The Morgan fingerprint density at radius 2 is 1.69 bits per heavy atom. The van der Waals surface area contributed by atoms with Crippen molar-refractivity contribution in [2.45, 2.75) is 25.3 Å². The molecule has 0 spiro atoms. The van der Waals surface area contributed by atoms with Gasteiger partial charge in [0.15, 0.2) is 0 Å². The van der Waals surface area contributed by atoms with E-state index in [1.807, 2.05) is 6.07 Å². The Balaban J connectivity index is 1.23. The van der Waals surface area contributed by atoms with Crippen molar-refractivity contribution in [3.63, 3.8) is 0 Å². The molecule has 0 N–H and O–H groups in total. The molecule has 1 fully saturated rings. The SMILES string of the molecule is COc1ccccc1N1CCN(C2CC=C(n3ccc4ccccc43)CC2)CC1. The quantitative estimate of drug-likeness (QED) is 0.637. The van der Waals surface area contributed by atoms with E-state index < -0.39 is 0 Å². The summed E-state index contributed by atoms with van der Waals surface area (Å²) in [5.74, 6) is 0.977. The predicted molar refractivity (Wildman–Crippen MR) is 121 cm³/mol. The number of anilines is 1. The topological polar surface area (TPSA) is 20.6 Å². The molecular weight excluding hydrogens is 358 g/mol. The van der Waals surface area contributed by atoms with Crippen LogP contribution in [0.15, 0.2) is 66.9 Å². The number of fused-ring (bicyclic) bond motifs is 1. The van der Waals surface area contributed by atoms with Gasteiger partial charge in [-0.05, 0) is 48.9 Å². The van der Waals surface area contributed by atoms with Crippen LogP contribution in [-0.2, 0) is 0 Å². The molecular formula is C25H29N3O. The average Bonchev–Trinajstić information content (AvgIpc) is 3.23. The number of rotatable bonds is 4. The molecule has 150 valence electrons. The molecule has 0 saturated carbocycles. The standard InChI is InChI=1S/C25H29N3O/c1-29-25-9-5-4-8-24(25)27-18-16-26(17-19-27)21-10-12-22(13-11-21)28-15-14-20-6-2-3-7-23(20)28/h2-9,12,14-15,21H,10-11,13,16-19H2,1H3. The van der Waals surface area contributed by atoms with Gasteiger partial charge >= 0.3 is 0 Å². The Hall–Kier alpha value is -2.72. The van der Waals surface area contributed by atoms with Gasteiger partial charge in [-0.15, -0.1) is 0 Å². The largest absolute Gasteiger partial charge is 0.495 e. The van der Waals surface area contributed by atoms with Gasteiger partial charge in [0.1, 0.15) is 5.75 Å². The lowest BCUT2D eigenvalue weighted by atomic mass is 9.96. The van der Waals surface area contributed by atoms with E-state index in [-0.39, 0.29) is 0 Å². The molecule has 2 aliphatic rings. The Labute approximate surface area is 173 Å². The summed E-state index contributed by atoms with van der Waals surface area (Å²) >= 11 is 0. The van der Waals surface area contributed by atoms with Crippen LogP contribution in [0.5, 0.6) is 5.75 Å². The van der Waals surface area contributed by atoms with Crippen LogP contribution in [0.2, 0.25) is 0 Å². The van der Waals surface area contributed by atoms with E-state index in [4.69, 9.17) is 4.74 Å². The minimum atomic E-state index is 0.667. The van der Waals surface area contributed by atoms with E-state index in [0.29, 0.717) is 6.04 Å². The molecule has 29 heavy (non-hydrogen) atoms. The third kappa shape index (κ3) is 3.53. The highest BCUT2D eigenvalue weighted by Crippen LogP contribution is 2.31. The molecule has 0 amide bonds. The summed E-state index contributed by atoms with van der Waals surface area (Å²) in [6.45, 7) is 4.38. The summed E-state index contributed by atoms with van der Waals surface area (Å²) in [5, 5.41) is 1.32. The highest BCUT2D eigenvalue weighted by Gasteiger charge is 2.26. The molecule has 4 nitrogen and oxygen atoms in total. The van der Waals surface area contributed by atoms with E-state index >= 15 is 0 Å². The van der Waals surface area contributed by atoms with Crippen LogP contribution in [0.25, 0.3) is 16.6 Å². The second-order valence-electron chi connectivity index (χ2n) is 8.06. The zero-order chi connectivity index (χ0) is 19.6. The van der Waals surface area contributed by atoms with Crippen LogP contribution in [0.4, 0.5) is 5.69 Å². The van der Waals surface area contributed by atoms with Gasteiger partial charge in [-0.2, -0.15) is 0 Å². The number of piperazine rings is 1. The fourth-order valence-electron chi connectivity index (χ4n) is 4.91. The van der Waals surface area contributed by atoms with Crippen LogP contribution in [0.1, 0.15) is 19.3 Å². The molecule has 1 aromatic heterocycles. The highest BCUT2D eigenvalue weighted by atomic mass is 16.5. The van der Waals surface area contributed by atoms with Crippen molar-refractivity contribution in [3.8, 4) is 5.75 Å². The number of hydrogen-bond donors (Lipinski definition) is 0. The first-order valence-electron chi connectivity index (χ1n) is 10.7. The molecule has 1 aliphatic heterocycles. The number of hydrogen-bond acceptors (Lipinski definition) is 3. The Morgan fingerprint density at radius 1 is 0.897 bits per heavy atom. The van der Waals surface area contributed by atoms with Crippen molar-refractivity contribution in [2.75, 3.05) is 38.2 Å². The lowest BCUT2D eigenvalue weighted by Gasteiger charge is -2.41. The van der Waals surface area contributed by atoms with Crippen LogP contribution in [0, 0.1) is 0 Å². The molecule has 5 rings (SSSR count). The Morgan fingerprint density at radius 3 is 2.48 bits per heavy atom. The third-order valence-electron chi connectivity index (χ3n) is 6.52. The number of aromatic nitrogens is 1. The molecule has 3 aromatic rings. The Bertz CT molecular complexity index is 1010. The first-order chi connectivity index (χ1) is 14.3. The van der Waals surface area contributed by atoms with Gasteiger partial charge in [-0.3, -0.25) is 4.90 Å². The molecule has 1 saturated heterocycles. The molecule has 4 heteroatoms. The van der Waals surface area contributed by atoms with E-state index in [0.717, 1.165) is 44.8 Å². The van der Waals surface area contributed by atoms with Crippen molar-refractivity contribution < 1.29 is 4.74 Å². The zero-order valence-electron chi connectivity index (χ0n) is 17.1. The number of methoxy groups -OCH3 is 1. The zero-order valence-corrected chi connectivity index (χ0v) is 17.1. The van der Waals surface area contributed by atoms with Crippen molar-refractivity contribution in [1.29, 1.82) is 0 Å². The summed E-state index contributed by atoms with van der Waals surface area (Å²) < 4.78 is 7.93. The highest BCUT2D eigenvalue weighted by molar-refractivity contribution is 5.83. The first-order valence-corrected chi connectivity index (χ1v) is 10.7. The molecule has 2 heterocycles. The van der Waals surface area contributed by atoms with E-state index in [1.165, 1.54) is 28.7 Å². The van der Waals surface area contributed by atoms with Gasteiger partial charge in [0.25, 0.3) is 0 Å². The minimum Gasteiger partial charge on any atom is -0.495 e. The summed E-state index contributed by atoms with van der Waals surface area (Å²) in [6.07, 6.45) is 8.23. The average molecular weight is 388 g/mol. The van der Waals surface area contributed by atoms with E-state index in [1.54, 1.807) is 7.11 Å². The van der Waals surface area contributed by atoms with E-state index in [2.05, 4.69) is 75.2 Å². The summed E-state index contributed by atoms with van der Waals surface area (Å²) in [6, 6.07) is 19.9. The third-order valence-corrected chi connectivity index (χ3v) is 6.52. The molecule has 0 bridgehead atoms. The monoisotopic (exact) mass is 387 g/mol. The maximum absolute atomic E-state index is 5.55. The Kier molecular flexibility index (Phi) is 5.03. The van der Waals surface area contributed by atoms with Crippen molar-refractivity contribution >= 4 is 22.3 Å². The lowest BCUT2D eigenvalue weighted by molar-refractivity contribution is 0.174. The van der Waals surface area contributed by atoms with Gasteiger partial charge in [0, 0.05) is 44.1 Å². The second-order valence-corrected chi connectivity index (χ2v) is 8.06. The van der Waals surface area contributed by atoms with Gasteiger partial charge in [0.05, 0.1) is 18.3 Å². The molecule has 2 aromatic carbocycles. The molecule has 1 unspecified atom stereocenters. The molecule has 1 atom stereocenters. The normalized spacial score (nSPS) is 20.7. The summed E-state index contributed by atoms with van der Waals surface area (Å²) in [5.41, 5.74) is 4.00. The van der Waals surface area contributed by atoms with Crippen molar-refractivity contribution in [1.82, 2.24) is 9.47 Å². The number of ether oxygens (including phenoxy) is 1. The summed E-state index contributed by atoms with van der Waals surface area (Å²) in [7, 11) is 1.76. The lowest BCUT2D eigenvalue weighted by Crippen LogP contribution is -2.50. The number of benzene rings is 2. The van der Waals surface area contributed by atoms with Crippen LogP contribution in [0.3, 0.4) is 0 Å². The smallest absolute Gasteiger partial charge is 0.142 e. The van der Waals surface area contributed by atoms with Gasteiger partial charge < -0.3 is 14.2 Å². The number of para-hydroxylation sites is 3. The van der Waals surface area contributed by atoms with Gasteiger partial charge in [-0.1, -0.05) is 36.4 Å². The van der Waals surface area contributed by atoms with Crippen LogP contribution in [-0.4, -0.2) is 48.8 Å². The molecule has 0 radical (unpaired) electrons.